The number of rotatable bonds is 5. The first-order valence-corrected chi connectivity index (χ1v) is 7.54. The Labute approximate surface area is 121 Å². The molecule has 0 atom stereocenters. The molecule has 1 aromatic rings. The number of likely N-dealkylation sites (tertiary alicyclic amines) is 1. The van der Waals surface area contributed by atoms with Gasteiger partial charge in [-0.15, -0.1) is 0 Å². The topological polar surface area (TPSA) is 49.6 Å². The summed E-state index contributed by atoms with van der Waals surface area (Å²) in [5, 5.41) is 0. The molecule has 1 aromatic carbocycles. The van der Waals surface area contributed by atoms with Gasteiger partial charge in [-0.2, -0.15) is 0 Å². The molecule has 1 aliphatic heterocycles. The minimum absolute atomic E-state index is 0.256. The Kier molecular flexibility index (Phi) is 5.41. The third-order valence-corrected chi connectivity index (χ3v) is 3.99. The first-order valence-electron chi connectivity index (χ1n) is 7.54. The van der Waals surface area contributed by atoms with E-state index in [4.69, 9.17) is 5.73 Å². The van der Waals surface area contributed by atoms with Crippen LogP contribution in [0, 0.1) is 0 Å². The zero-order valence-corrected chi connectivity index (χ0v) is 12.3. The van der Waals surface area contributed by atoms with Gasteiger partial charge in [0.2, 0.25) is 5.91 Å². The van der Waals surface area contributed by atoms with Crippen molar-refractivity contribution in [2.45, 2.75) is 32.2 Å². The van der Waals surface area contributed by atoms with Crippen molar-refractivity contribution in [3.63, 3.8) is 0 Å². The van der Waals surface area contributed by atoms with E-state index in [1.807, 2.05) is 23.1 Å². The zero-order valence-electron chi connectivity index (χ0n) is 12.3. The van der Waals surface area contributed by atoms with Crippen LogP contribution in [-0.2, 0) is 4.79 Å². The van der Waals surface area contributed by atoms with Crippen molar-refractivity contribution >= 4 is 11.6 Å². The van der Waals surface area contributed by atoms with Crippen LogP contribution in [-0.4, -0.2) is 43.0 Å². The summed E-state index contributed by atoms with van der Waals surface area (Å²) in [4.78, 5) is 16.4. The minimum Gasteiger partial charge on any atom is -0.371 e. The lowest BCUT2D eigenvalue weighted by molar-refractivity contribution is -0.132. The number of anilines is 1. The lowest BCUT2D eigenvalue weighted by atomic mass is 10.1. The van der Waals surface area contributed by atoms with Crippen molar-refractivity contribution in [3.8, 4) is 0 Å². The maximum Gasteiger partial charge on any atom is 0.224 e. The third kappa shape index (κ3) is 3.97. The maximum atomic E-state index is 12.2. The number of amides is 1. The quantitative estimate of drug-likeness (QED) is 0.892. The Balaban J connectivity index is 1.83. The van der Waals surface area contributed by atoms with Crippen LogP contribution in [0.2, 0.25) is 0 Å². The Morgan fingerprint density at radius 1 is 1.30 bits per heavy atom. The molecule has 0 aliphatic carbocycles. The Morgan fingerprint density at radius 3 is 2.55 bits per heavy atom. The predicted octanol–water partition coefficient (Wildman–Crippen LogP) is 1.85. The first kappa shape index (κ1) is 14.9. The van der Waals surface area contributed by atoms with Crippen LogP contribution in [0.5, 0.6) is 0 Å². The molecule has 0 spiro atoms. The van der Waals surface area contributed by atoms with Gasteiger partial charge in [0.1, 0.15) is 0 Å². The zero-order chi connectivity index (χ0) is 14.4. The van der Waals surface area contributed by atoms with E-state index >= 15 is 0 Å². The summed E-state index contributed by atoms with van der Waals surface area (Å²) >= 11 is 0. The molecule has 20 heavy (non-hydrogen) atoms. The standard InChI is InChI=1S/C16H25N3O/c1-2-18(15-6-4-3-5-7-15)13-10-16(20)19-11-8-14(17)9-12-19/h3-7,14H,2,8-13,17H2,1H3. The predicted molar refractivity (Wildman–Crippen MR) is 82.7 cm³/mol. The third-order valence-electron chi connectivity index (χ3n) is 3.99. The summed E-state index contributed by atoms with van der Waals surface area (Å²) < 4.78 is 0. The highest BCUT2D eigenvalue weighted by molar-refractivity contribution is 5.77. The summed E-state index contributed by atoms with van der Waals surface area (Å²) in [5.74, 6) is 0.256. The molecule has 0 radical (unpaired) electrons. The largest absolute Gasteiger partial charge is 0.371 e. The van der Waals surface area contributed by atoms with Gasteiger partial charge in [0.25, 0.3) is 0 Å². The Bertz CT molecular complexity index is 413. The average Bonchev–Trinajstić information content (AvgIpc) is 2.49. The van der Waals surface area contributed by atoms with Crippen molar-refractivity contribution in [1.29, 1.82) is 0 Å². The summed E-state index contributed by atoms with van der Waals surface area (Å²) in [6, 6.07) is 10.5. The molecule has 0 aromatic heterocycles. The molecule has 1 aliphatic rings. The van der Waals surface area contributed by atoms with Crippen molar-refractivity contribution < 1.29 is 4.79 Å². The number of carbonyl (C=O) groups is 1. The average molecular weight is 275 g/mol. The van der Waals surface area contributed by atoms with Gasteiger partial charge >= 0.3 is 0 Å². The molecule has 1 amide bonds. The van der Waals surface area contributed by atoms with E-state index in [0.29, 0.717) is 6.42 Å². The molecular weight excluding hydrogens is 250 g/mol. The Hall–Kier alpha value is -1.55. The fourth-order valence-corrected chi connectivity index (χ4v) is 2.65. The van der Waals surface area contributed by atoms with E-state index in [2.05, 4.69) is 24.0 Å². The number of hydrogen-bond donors (Lipinski definition) is 1. The molecule has 1 heterocycles. The second-order valence-electron chi connectivity index (χ2n) is 5.38. The summed E-state index contributed by atoms with van der Waals surface area (Å²) in [6.45, 7) is 5.45. The number of hydrogen-bond acceptors (Lipinski definition) is 3. The van der Waals surface area contributed by atoms with Crippen molar-refractivity contribution in [2.75, 3.05) is 31.1 Å². The Morgan fingerprint density at radius 2 is 1.95 bits per heavy atom. The van der Waals surface area contributed by atoms with Crippen LogP contribution in [0.4, 0.5) is 5.69 Å². The molecule has 4 nitrogen and oxygen atoms in total. The van der Waals surface area contributed by atoms with Crippen molar-refractivity contribution in [3.05, 3.63) is 30.3 Å². The van der Waals surface area contributed by atoms with Gasteiger partial charge in [0.15, 0.2) is 0 Å². The van der Waals surface area contributed by atoms with Crippen LogP contribution in [0.25, 0.3) is 0 Å². The fraction of sp³-hybridized carbons (Fsp3) is 0.562. The lowest BCUT2D eigenvalue weighted by Gasteiger charge is -2.31. The van der Waals surface area contributed by atoms with Crippen LogP contribution in [0.3, 0.4) is 0 Å². The van der Waals surface area contributed by atoms with Gasteiger partial charge in [0, 0.05) is 44.3 Å². The van der Waals surface area contributed by atoms with Crippen LogP contribution in [0.1, 0.15) is 26.2 Å². The van der Waals surface area contributed by atoms with Crippen LogP contribution in [0.15, 0.2) is 30.3 Å². The molecule has 2 N–H and O–H groups in total. The number of benzene rings is 1. The second kappa shape index (κ2) is 7.29. The van der Waals surface area contributed by atoms with Gasteiger partial charge in [-0.25, -0.2) is 0 Å². The fourth-order valence-electron chi connectivity index (χ4n) is 2.65. The highest BCUT2D eigenvalue weighted by Gasteiger charge is 2.20. The van der Waals surface area contributed by atoms with Gasteiger partial charge in [0.05, 0.1) is 0 Å². The highest BCUT2D eigenvalue weighted by atomic mass is 16.2. The summed E-state index contributed by atoms with van der Waals surface area (Å²) in [6.07, 6.45) is 2.45. The van der Waals surface area contributed by atoms with E-state index in [9.17, 15) is 4.79 Å². The van der Waals surface area contributed by atoms with Crippen LogP contribution < -0.4 is 10.6 Å². The number of piperidine rings is 1. The number of nitrogens with zero attached hydrogens (tertiary/aromatic N) is 2. The normalized spacial score (nSPS) is 16.2. The second-order valence-corrected chi connectivity index (χ2v) is 5.38. The van der Waals surface area contributed by atoms with Gasteiger partial charge < -0.3 is 15.5 Å². The summed E-state index contributed by atoms with van der Waals surface area (Å²) in [5.41, 5.74) is 7.05. The number of nitrogens with two attached hydrogens (primary N) is 1. The van der Waals surface area contributed by atoms with E-state index in [0.717, 1.165) is 39.0 Å². The minimum atomic E-state index is 0.256. The van der Waals surface area contributed by atoms with E-state index in [-0.39, 0.29) is 11.9 Å². The SMILES string of the molecule is CCN(CCC(=O)N1CCC(N)CC1)c1ccccc1. The van der Waals surface area contributed by atoms with E-state index in [1.54, 1.807) is 0 Å². The van der Waals surface area contributed by atoms with Gasteiger partial charge in [-0.1, -0.05) is 18.2 Å². The molecular formula is C16H25N3O. The molecule has 110 valence electrons. The monoisotopic (exact) mass is 275 g/mol. The first-order chi connectivity index (χ1) is 9.70. The maximum absolute atomic E-state index is 12.2. The van der Waals surface area contributed by atoms with E-state index < -0.39 is 0 Å². The van der Waals surface area contributed by atoms with Gasteiger partial charge in [-0.3, -0.25) is 4.79 Å². The molecule has 0 saturated carbocycles. The van der Waals surface area contributed by atoms with Crippen molar-refractivity contribution in [2.24, 2.45) is 5.73 Å². The highest BCUT2D eigenvalue weighted by Crippen LogP contribution is 2.14. The molecule has 1 fully saturated rings. The molecule has 0 bridgehead atoms. The number of para-hydroxylation sites is 1. The molecule has 1 saturated heterocycles. The number of carbonyl (C=O) groups excluding carboxylic acids is 1. The van der Waals surface area contributed by atoms with E-state index in [1.165, 1.54) is 5.69 Å². The lowest BCUT2D eigenvalue weighted by Crippen LogP contribution is -2.43. The smallest absolute Gasteiger partial charge is 0.224 e. The van der Waals surface area contributed by atoms with Crippen LogP contribution >= 0.6 is 0 Å². The summed E-state index contributed by atoms with van der Waals surface area (Å²) in [7, 11) is 0. The van der Waals surface area contributed by atoms with Crippen molar-refractivity contribution in [1.82, 2.24) is 4.90 Å². The molecule has 2 rings (SSSR count). The molecule has 0 unspecified atom stereocenters. The van der Waals surface area contributed by atoms with Gasteiger partial charge in [-0.05, 0) is 31.9 Å². The molecule has 4 heteroatoms.